The van der Waals surface area contributed by atoms with Gasteiger partial charge in [0, 0.05) is 29.5 Å². The molecule has 43 heavy (non-hydrogen) atoms. The number of aromatic hydroxyl groups is 2. The Bertz CT molecular complexity index is 1630. The molecule has 0 aliphatic rings. The average Bonchev–Trinajstić information content (AvgIpc) is 3.82. The molecular formula is C32H30CuN6O4. The fraction of sp³-hybridized carbons (Fsp3) is 0.125. The number of nitrogens with zero attached hydrogens (tertiary/aromatic N) is 6. The van der Waals surface area contributed by atoms with Crippen LogP contribution in [-0.2, 0) is 30.2 Å². The minimum atomic E-state index is 0. The second kappa shape index (κ2) is 14.7. The molecule has 0 aliphatic heterocycles. The molecule has 0 saturated carbocycles. The van der Waals surface area contributed by atoms with Gasteiger partial charge in [0.2, 0.25) is 11.8 Å². The van der Waals surface area contributed by atoms with Gasteiger partial charge >= 0.3 is 0 Å². The van der Waals surface area contributed by atoms with E-state index in [2.05, 4.69) is 20.2 Å². The Hall–Kier alpha value is -5.12. The van der Waals surface area contributed by atoms with Crippen LogP contribution in [0.15, 0.2) is 116 Å². The van der Waals surface area contributed by atoms with E-state index in [9.17, 15) is 10.2 Å². The smallest absolute Gasteiger partial charge is 0.223 e. The van der Waals surface area contributed by atoms with Gasteiger partial charge in [0.25, 0.3) is 0 Å². The summed E-state index contributed by atoms with van der Waals surface area (Å²) in [5, 5.41) is 29.3. The predicted molar refractivity (Wildman–Crippen MR) is 160 cm³/mol. The minimum Gasteiger partial charge on any atom is -0.493 e. The fourth-order valence-electron chi connectivity index (χ4n) is 4.11. The van der Waals surface area contributed by atoms with Gasteiger partial charge in [-0.3, -0.25) is 9.98 Å². The zero-order valence-corrected chi connectivity index (χ0v) is 24.4. The predicted octanol–water partition coefficient (Wildman–Crippen LogP) is 6.19. The van der Waals surface area contributed by atoms with Gasteiger partial charge in [0.15, 0.2) is 0 Å². The normalized spacial score (nSPS) is 11.0. The first kappa shape index (κ1) is 30.8. The molecule has 0 unspecified atom stereocenters. The van der Waals surface area contributed by atoms with Crippen molar-refractivity contribution in [1.29, 1.82) is 0 Å². The van der Waals surface area contributed by atoms with Crippen LogP contribution in [0.2, 0.25) is 0 Å². The van der Waals surface area contributed by atoms with Gasteiger partial charge in [-0.1, -0.05) is 36.4 Å². The third-order valence-corrected chi connectivity index (χ3v) is 6.26. The Morgan fingerprint density at radius 2 is 1.02 bits per heavy atom. The maximum atomic E-state index is 10.3. The van der Waals surface area contributed by atoms with Gasteiger partial charge in [-0.25, -0.2) is 9.36 Å². The van der Waals surface area contributed by atoms with Gasteiger partial charge in [-0.2, -0.15) is 10.2 Å². The molecule has 223 valence electrons. The van der Waals surface area contributed by atoms with Crippen LogP contribution in [0.5, 0.6) is 11.8 Å². The van der Waals surface area contributed by atoms with Crippen molar-refractivity contribution in [3.05, 3.63) is 131 Å². The van der Waals surface area contributed by atoms with Crippen molar-refractivity contribution in [2.24, 2.45) is 9.98 Å². The van der Waals surface area contributed by atoms with Crippen LogP contribution < -0.4 is 0 Å². The van der Waals surface area contributed by atoms with E-state index in [4.69, 9.17) is 8.83 Å². The van der Waals surface area contributed by atoms with E-state index in [1.54, 1.807) is 25.0 Å². The Morgan fingerprint density at radius 1 is 0.628 bits per heavy atom. The van der Waals surface area contributed by atoms with E-state index in [0.717, 1.165) is 34.3 Å². The molecule has 6 aromatic rings. The van der Waals surface area contributed by atoms with Crippen LogP contribution in [0.25, 0.3) is 11.4 Å². The molecule has 0 spiro atoms. The summed E-state index contributed by atoms with van der Waals surface area (Å²) in [5.41, 5.74) is 4.29. The van der Waals surface area contributed by atoms with Crippen molar-refractivity contribution < 1.29 is 36.1 Å². The van der Waals surface area contributed by atoms with Crippen LogP contribution in [-0.4, -0.2) is 42.2 Å². The van der Waals surface area contributed by atoms with Gasteiger partial charge in [0.05, 0.1) is 59.5 Å². The Morgan fingerprint density at radius 3 is 1.37 bits per heavy atom. The van der Waals surface area contributed by atoms with E-state index < -0.39 is 0 Å². The Labute approximate surface area is 259 Å². The van der Waals surface area contributed by atoms with E-state index in [-0.39, 0.29) is 28.8 Å². The third kappa shape index (κ3) is 7.59. The number of hydrogen-bond donors (Lipinski definition) is 2. The molecule has 0 fully saturated rings. The first-order chi connectivity index (χ1) is 20.5. The molecule has 1 radical (unpaired) electrons. The topological polar surface area (TPSA) is 127 Å². The number of aromatic nitrogens is 4. The number of hydrogen-bond acceptors (Lipinski definition) is 8. The number of aliphatic imine (C=N–C) groups is 2. The van der Waals surface area contributed by atoms with Gasteiger partial charge in [-0.15, -0.1) is 0 Å². The molecule has 0 atom stereocenters. The SMILES string of the molecule is Cc1nn(-c2ccccc2)c(O)c1C=NCc1ccco1.Cc1nn(-c2ccccc2)c(O)c1C=NCc1ccco1.[Cu]. The number of para-hydroxylation sites is 2. The first-order valence-electron chi connectivity index (χ1n) is 13.2. The maximum absolute atomic E-state index is 10.3. The number of benzene rings is 2. The molecule has 0 bridgehead atoms. The van der Waals surface area contributed by atoms with E-state index in [0.29, 0.717) is 24.2 Å². The summed E-state index contributed by atoms with van der Waals surface area (Å²) in [6.45, 7) is 4.55. The monoisotopic (exact) mass is 625 g/mol. The molecule has 11 heteroatoms. The molecular weight excluding hydrogens is 596 g/mol. The van der Waals surface area contributed by atoms with Crippen LogP contribution in [0, 0.1) is 13.8 Å². The molecule has 2 N–H and O–H groups in total. The third-order valence-electron chi connectivity index (χ3n) is 6.26. The van der Waals surface area contributed by atoms with Crippen molar-refractivity contribution in [1.82, 2.24) is 19.6 Å². The zero-order valence-electron chi connectivity index (χ0n) is 23.5. The summed E-state index contributed by atoms with van der Waals surface area (Å²) < 4.78 is 13.4. The van der Waals surface area contributed by atoms with Gasteiger partial charge in [-0.05, 0) is 62.4 Å². The minimum absolute atomic E-state index is 0. The molecule has 4 heterocycles. The molecule has 6 rings (SSSR count). The summed E-state index contributed by atoms with van der Waals surface area (Å²) in [6.07, 6.45) is 6.47. The van der Waals surface area contributed by atoms with Crippen LogP contribution >= 0.6 is 0 Å². The Kier molecular flexibility index (Phi) is 10.5. The Balaban J connectivity index is 0.000000192. The number of aryl methyl sites for hydroxylation is 2. The summed E-state index contributed by atoms with van der Waals surface area (Å²) in [4.78, 5) is 8.56. The van der Waals surface area contributed by atoms with Gasteiger partial charge < -0.3 is 19.0 Å². The van der Waals surface area contributed by atoms with Crippen molar-refractivity contribution in [2.45, 2.75) is 26.9 Å². The second-order valence-electron chi connectivity index (χ2n) is 9.24. The fourth-order valence-corrected chi connectivity index (χ4v) is 4.11. The largest absolute Gasteiger partial charge is 0.493 e. The summed E-state index contributed by atoms with van der Waals surface area (Å²) in [7, 11) is 0. The van der Waals surface area contributed by atoms with Crippen LogP contribution in [0.3, 0.4) is 0 Å². The molecule has 4 aromatic heterocycles. The van der Waals surface area contributed by atoms with Crippen LogP contribution in [0.4, 0.5) is 0 Å². The van der Waals surface area contributed by atoms with Crippen molar-refractivity contribution in [2.75, 3.05) is 0 Å². The van der Waals surface area contributed by atoms with Crippen molar-refractivity contribution in [3.8, 4) is 23.1 Å². The molecule has 2 aromatic carbocycles. The summed E-state index contributed by atoms with van der Waals surface area (Å²) in [5.74, 6) is 1.72. The molecule has 10 nitrogen and oxygen atoms in total. The van der Waals surface area contributed by atoms with Crippen molar-refractivity contribution >= 4 is 12.4 Å². The van der Waals surface area contributed by atoms with Crippen LogP contribution in [0.1, 0.15) is 34.0 Å². The quantitative estimate of drug-likeness (QED) is 0.153. The summed E-state index contributed by atoms with van der Waals surface area (Å²) in [6, 6.07) is 26.3. The summed E-state index contributed by atoms with van der Waals surface area (Å²) >= 11 is 0. The van der Waals surface area contributed by atoms with E-state index in [1.165, 1.54) is 9.36 Å². The zero-order chi connectivity index (χ0) is 29.3. The number of furan rings is 2. The molecule has 0 aliphatic carbocycles. The van der Waals surface area contributed by atoms with E-state index >= 15 is 0 Å². The second-order valence-corrected chi connectivity index (χ2v) is 9.24. The maximum Gasteiger partial charge on any atom is 0.223 e. The van der Waals surface area contributed by atoms with Crippen molar-refractivity contribution in [3.63, 3.8) is 0 Å². The molecule has 0 saturated heterocycles. The standard InChI is InChI=1S/2C16H15N3O2.Cu/c2*1-12-15(11-17-10-14-8-5-9-21-14)16(20)19(18-12)13-6-3-2-4-7-13;/h2*2-9,11,20H,10H2,1H3;. The first-order valence-corrected chi connectivity index (χ1v) is 13.2. The molecule has 0 amide bonds. The number of rotatable bonds is 8. The van der Waals surface area contributed by atoms with E-state index in [1.807, 2.05) is 98.8 Å². The van der Waals surface area contributed by atoms with Gasteiger partial charge in [0.1, 0.15) is 11.5 Å². The average molecular weight is 626 g/mol.